The molecule has 0 saturated heterocycles. The van der Waals surface area contributed by atoms with Crippen LogP contribution in [0.25, 0.3) is 6.08 Å². The van der Waals surface area contributed by atoms with Crippen LogP contribution in [0.5, 0.6) is 5.75 Å². The van der Waals surface area contributed by atoms with Gasteiger partial charge in [0.05, 0.1) is 17.7 Å². The van der Waals surface area contributed by atoms with Gasteiger partial charge in [-0.25, -0.2) is 18.6 Å². The maximum Gasteiger partial charge on any atom is 0.363 e. The molecule has 7 heteroatoms. The first-order valence-corrected chi connectivity index (χ1v) is 7.18. The lowest BCUT2D eigenvalue weighted by atomic mass is 10.1. The Morgan fingerprint density at radius 3 is 2.67 bits per heavy atom. The molecule has 0 aliphatic carbocycles. The molecule has 1 aliphatic heterocycles. The zero-order valence-corrected chi connectivity index (χ0v) is 13.1. The lowest BCUT2D eigenvalue weighted by Crippen LogP contribution is -2.07. The van der Waals surface area contributed by atoms with Gasteiger partial charge < -0.3 is 9.47 Å². The third-order valence-electron chi connectivity index (χ3n) is 3.29. The van der Waals surface area contributed by atoms with Gasteiger partial charge >= 0.3 is 5.97 Å². The van der Waals surface area contributed by atoms with E-state index in [9.17, 15) is 13.6 Å². The van der Waals surface area contributed by atoms with Crippen molar-refractivity contribution in [2.75, 3.05) is 7.11 Å². The fourth-order valence-electron chi connectivity index (χ4n) is 2.14. The molecule has 0 radical (unpaired) electrons. The molecule has 0 amide bonds. The van der Waals surface area contributed by atoms with Crippen LogP contribution in [0.2, 0.25) is 5.02 Å². The van der Waals surface area contributed by atoms with Crippen LogP contribution in [0.1, 0.15) is 11.1 Å². The van der Waals surface area contributed by atoms with E-state index in [0.29, 0.717) is 11.3 Å². The van der Waals surface area contributed by atoms with Gasteiger partial charge in [0.1, 0.15) is 5.75 Å². The monoisotopic (exact) mass is 349 g/mol. The third kappa shape index (κ3) is 3.00. The van der Waals surface area contributed by atoms with Crippen LogP contribution in [0, 0.1) is 11.6 Å². The minimum atomic E-state index is -1.12. The molecule has 1 heterocycles. The van der Waals surface area contributed by atoms with Gasteiger partial charge in [-0.2, -0.15) is 0 Å². The molecule has 0 aromatic heterocycles. The molecular weight excluding hydrogens is 340 g/mol. The van der Waals surface area contributed by atoms with Gasteiger partial charge in [0.25, 0.3) is 0 Å². The fourth-order valence-corrected chi connectivity index (χ4v) is 2.37. The smallest absolute Gasteiger partial charge is 0.363 e. The number of hydrogen-bond acceptors (Lipinski definition) is 4. The van der Waals surface area contributed by atoms with Crippen LogP contribution in [0.3, 0.4) is 0 Å². The van der Waals surface area contributed by atoms with E-state index < -0.39 is 17.6 Å². The second-order valence-corrected chi connectivity index (χ2v) is 5.23. The van der Waals surface area contributed by atoms with E-state index in [2.05, 4.69) is 4.99 Å². The normalized spacial score (nSPS) is 15.4. The number of carbonyl (C=O) groups is 1. The van der Waals surface area contributed by atoms with Crippen molar-refractivity contribution in [3.05, 3.63) is 69.9 Å². The summed E-state index contributed by atoms with van der Waals surface area (Å²) in [5.74, 6) is -2.58. The minimum Gasteiger partial charge on any atom is -0.496 e. The lowest BCUT2D eigenvalue weighted by Gasteiger charge is -2.03. The summed E-state index contributed by atoms with van der Waals surface area (Å²) in [6.45, 7) is 0. The molecular formula is C17H10ClF2NO3. The number of benzene rings is 2. The van der Waals surface area contributed by atoms with Gasteiger partial charge in [-0.05, 0) is 24.3 Å². The Labute approximate surface area is 141 Å². The number of esters is 1. The Balaban J connectivity index is 2.02. The summed E-state index contributed by atoms with van der Waals surface area (Å²) in [5.41, 5.74) is 0.607. The van der Waals surface area contributed by atoms with Crippen LogP contribution in [0.4, 0.5) is 8.78 Å². The van der Waals surface area contributed by atoms with Crippen molar-refractivity contribution in [1.29, 1.82) is 0 Å². The van der Waals surface area contributed by atoms with Crippen LogP contribution in [-0.2, 0) is 9.53 Å². The molecule has 0 bridgehead atoms. The molecule has 1 aliphatic rings. The Hall–Kier alpha value is -2.73. The van der Waals surface area contributed by atoms with Crippen LogP contribution < -0.4 is 4.74 Å². The molecule has 0 unspecified atom stereocenters. The maximum atomic E-state index is 13.4. The molecule has 24 heavy (non-hydrogen) atoms. The number of cyclic esters (lactones) is 1. The zero-order valence-electron chi connectivity index (χ0n) is 12.3. The van der Waals surface area contributed by atoms with Crippen LogP contribution >= 0.6 is 11.6 Å². The van der Waals surface area contributed by atoms with E-state index in [1.54, 1.807) is 24.3 Å². The number of para-hydroxylation sites is 1. The second kappa shape index (κ2) is 6.41. The summed E-state index contributed by atoms with van der Waals surface area (Å²) in [5, 5.41) is -0.112. The summed E-state index contributed by atoms with van der Waals surface area (Å²) in [6.07, 6.45) is 1.47. The Morgan fingerprint density at radius 1 is 1.21 bits per heavy atom. The lowest BCUT2D eigenvalue weighted by molar-refractivity contribution is -0.129. The summed E-state index contributed by atoms with van der Waals surface area (Å²) in [6, 6.07) is 8.64. The molecule has 0 saturated carbocycles. The predicted molar refractivity (Wildman–Crippen MR) is 85.0 cm³/mol. The van der Waals surface area contributed by atoms with Gasteiger partial charge in [0, 0.05) is 5.56 Å². The highest BCUT2D eigenvalue weighted by atomic mass is 35.5. The highest BCUT2D eigenvalue weighted by molar-refractivity contribution is 6.34. The third-order valence-corrected chi connectivity index (χ3v) is 3.60. The first-order valence-electron chi connectivity index (χ1n) is 6.80. The van der Waals surface area contributed by atoms with E-state index in [0.717, 1.165) is 12.1 Å². The van der Waals surface area contributed by atoms with E-state index in [-0.39, 0.29) is 22.2 Å². The van der Waals surface area contributed by atoms with Gasteiger partial charge in [0.2, 0.25) is 5.90 Å². The Bertz CT molecular complexity index is 893. The molecule has 0 atom stereocenters. The SMILES string of the molecule is COc1ccccc1C=C1N=C(c2cc(F)c(F)cc2Cl)OC1=O. The zero-order chi connectivity index (χ0) is 17.3. The van der Waals surface area contributed by atoms with Gasteiger partial charge in [0.15, 0.2) is 17.3 Å². The number of nitrogens with zero attached hydrogens (tertiary/aromatic N) is 1. The summed E-state index contributed by atoms with van der Waals surface area (Å²) >= 11 is 5.87. The fraction of sp³-hybridized carbons (Fsp3) is 0.0588. The van der Waals surface area contributed by atoms with Crippen molar-refractivity contribution in [3.63, 3.8) is 0 Å². The number of halogens is 3. The number of methoxy groups -OCH3 is 1. The molecule has 4 nitrogen and oxygen atoms in total. The maximum absolute atomic E-state index is 13.4. The first-order chi connectivity index (χ1) is 11.5. The molecule has 122 valence electrons. The van der Waals surface area contributed by atoms with Crippen molar-refractivity contribution < 1.29 is 23.0 Å². The molecule has 0 N–H and O–H groups in total. The molecule has 3 rings (SSSR count). The number of rotatable bonds is 3. The van der Waals surface area contributed by atoms with Gasteiger partial charge in [-0.15, -0.1) is 0 Å². The van der Waals surface area contributed by atoms with Gasteiger partial charge in [-0.1, -0.05) is 29.8 Å². The van der Waals surface area contributed by atoms with E-state index in [4.69, 9.17) is 21.1 Å². The van der Waals surface area contributed by atoms with E-state index >= 15 is 0 Å². The van der Waals surface area contributed by atoms with E-state index in [1.807, 2.05) is 0 Å². The summed E-state index contributed by atoms with van der Waals surface area (Å²) < 4.78 is 36.7. The van der Waals surface area contributed by atoms with Crippen molar-refractivity contribution in [2.45, 2.75) is 0 Å². The highest BCUT2D eigenvalue weighted by Crippen LogP contribution is 2.27. The summed E-state index contributed by atoms with van der Waals surface area (Å²) in [4.78, 5) is 16.0. The standard InChI is InChI=1S/C17H10ClF2NO3/c1-23-15-5-3-2-4-9(15)6-14-17(22)24-16(21-14)10-7-12(19)13(20)8-11(10)18/h2-8H,1H3. The van der Waals surface area contributed by atoms with Gasteiger partial charge in [-0.3, -0.25) is 0 Å². The van der Waals surface area contributed by atoms with Crippen LogP contribution in [0.15, 0.2) is 47.1 Å². The van der Waals surface area contributed by atoms with Crippen LogP contribution in [-0.4, -0.2) is 19.0 Å². The van der Waals surface area contributed by atoms with Crippen molar-refractivity contribution in [1.82, 2.24) is 0 Å². The Kier molecular flexibility index (Phi) is 4.31. The summed E-state index contributed by atoms with van der Waals surface area (Å²) in [7, 11) is 1.50. The van der Waals surface area contributed by atoms with Crippen molar-refractivity contribution in [2.24, 2.45) is 4.99 Å². The largest absolute Gasteiger partial charge is 0.496 e. The first kappa shape index (κ1) is 16.1. The van der Waals surface area contributed by atoms with Crippen molar-refractivity contribution in [3.8, 4) is 5.75 Å². The van der Waals surface area contributed by atoms with Crippen molar-refractivity contribution >= 4 is 29.5 Å². The molecule has 0 fully saturated rings. The number of aliphatic imine (C=N–C) groups is 1. The predicted octanol–water partition coefficient (Wildman–Crippen LogP) is 3.97. The molecule has 2 aromatic rings. The quantitative estimate of drug-likeness (QED) is 0.478. The number of ether oxygens (including phenoxy) is 2. The average Bonchev–Trinajstić information content (AvgIpc) is 2.92. The minimum absolute atomic E-state index is 0.00435. The van der Waals surface area contributed by atoms with E-state index in [1.165, 1.54) is 13.2 Å². The molecule has 2 aromatic carbocycles. The number of carbonyl (C=O) groups excluding carboxylic acids is 1. The number of hydrogen-bond donors (Lipinski definition) is 0. The second-order valence-electron chi connectivity index (χ2n) is 4.82. The molecule has 0 spiro atoms. The highest BCUT2D eigenvalue weighted by Gasteiger charge is 2.27. The topological polar surface area (TPSA) is 47.9 Å². The average molecular weight is 350 g/mol. The Morgan fingerprint density at radius 2 is 1.92 bits per heavy atom.